The SMILES string of the molecule is CN(CCCCC1CNC(C)(C)C1)c1ccc(S(=O)(=O)NC(=O)c2ccc(-n3ccc(OCCC4(C)CC4)n3)nc2Cl)cn1. The monoisotopic (exact) mass is 643 g/mol. The maximum absolute atomic E-state index is 13.0. The van der Waals surface area contributed by atoms with Crippen molar-refractivity contribution in [2.45, 2.75) is 76.2 Å². The Hall–Kier alpha value is -3.22. The van der Waals surface area contributed by atoms with Crippen molar-refractivity contribution >= 4 is 33.3 Å². The number of rotatable bonds is 14. The fraction of sp³-hybridized carbons (Fsp3) is 0.548. The molecule has 3 aromatic heterocycles. The topological polar surface area (TPSA) is 131 Å². The molecule has 1 amide bonds. The van der Waals surface area contributed by atoms with E-state index in [0.29, 0.717) is 35.5 Å². The number of sulfonamides is 1. The van der Waals surface area contributed by atoms with Crippen LogP contribution in [0.3, 0.4) is 0 Å². The molecule has 238 valence electrons. The van der Waals surface area contributed by atoms with E-state index in [1.165, 1.54) is 54.8 Å². The molecule has 4 heterocycles. The van der Waals surface area contributed by atoms with E-state index in [1.54, 1.807) is 18.3 Å². The molecule has 0 radical (unpaired) electrons. The zero-order valence-electron chi connectivity index (χ0n) is 25.8. The van der Waals surface area contributed by atoms with Crippen molar-refractivity contribution in [1.29, 1.82) is 0 Å². The number of hydrogen-bond donors (Lipinski definition) is 2. The minimum Gasteiger partial charge on any atom is -0.477 e. The molecule has 1 saturated carbocycles. The van der Waals surface area contributed by atoms with Crippen LogP contribution < -0.4 is 19.7 Å². The van der Waals surface area contributed by atoms with Gasteiger partial charge in [-0.15, -0.1) is 5.10 Å². The van der Waals surface area contributed by atoms with E-state index in [2.05, 4.69) is 45.9 Å². The molecule has 5 rings (SSSR count). The highest BCUT2D eigenvalue weighted by molar-refractivity contribution is 7.90. The molecule has 0 bridgehead atoms. The summed E-state index contributed by atoms with van der Waals surface area (Å²) in [7, 11) is -2.25. The molecule has 1 aliphatic carbocycles. The molecule has 1 unspecified atom stereocenters. The van der Waals surface area contributed by atoms with Crippen LogP contribution in [0.2, 0.25) is 5.15 Å². The molecule has 1 aliphatic heterocycles. The first kappa shape index (κ1) is 32.2. The molecule has 44 heavy (non-hydrogen) atoms. The number of anilines is 1. The van der Waals surface area contributed by atoms with E-state index >= 15 is 0 Å². The molecule has 2 fully saturated rings. The van der Waals surface area contributed by atoms with Crippen LogP contribution in [-0.2, 0) is 10.0 Å². The summed E-state index contributed by atoms with van der Waals surface area (Å²) < 4.78 is 35.2. The number of unbranched alkanes of at least 4 members (excludes halogenated alkanes) is 1. The third-order valence-electron chi connectivity index (χ3n) is 8.61. The molecule has 2 aliphatic rings. The Balaban J connectivity index is 1.12. The largest absolute Gasteiger partial charge is 0.477 e. The van der Waals surface area contributed by atoms with Gasteiger partial charge in [-0.2, -0.15) is 0 Å². The van der Waals surface area contributed by atoms with Gasteiger partial charge in [0, 0.05) is 37.6 Å². The summed E-state index contributed by atoms with van der Waals surface area (Å²) in [6.45, 7) is 9.21. The zero-order valence-corrected chi connectivity index (χ0v) is 27.4. The molecule has 13 heteroatoms. The number of aromatic nitrogens is 4. The Morgan fingerprint density at radius 2 is 1.98 bits per heavy atom. The van der Waals surface area contributed by atoms with Crippen molar-refractivity contribution in [2.75, 3.05) is 31.6 Å². The lowest BCUT2D eigenvalue weighted by Gasteiger charge is -2.19. The van der Waals surface area contributed by atoms with Crippen molar-refractivity contribution < 1.29 is 17.9 Å². The zero-order chi connectivity index (χ0) is 31.5. The number of pyridine rings is 2. The van der Waals surface area contributed by atoms with Gasteiger partial charge < -0.3 is 15.0 Å². The lowest BCUT2D eigenvalue weighted by Crippen LogP contribution is -2.31. The van der Waals surface area contributed by atoms with Crippen molar-refractivity contribution in [3.63, 3.8) is 0 Å². The minimum absolute atomic E-state index is 0.0819. The quantitative estimate of drug-likeness (QED) is 0.184. The second-order valence-electron chi connectivity index (χ2n) is 13.1. The summed E-state index contributed by atoms with van der Waals surface area (Å²) in [4.78, 5) is 23.3. The number of carbonyl (C=O) groups is 1. The van der Waals surface area contributed by atoms with Crippen LogP contribution in [0.15, 0.2) is 47.6 Å². The van der Waals surface area contributed by atoms with E-state index in [0.717, 1.165) is 32.4 Å². The van der Waals surface area contributed by atoms with Crippen molar-refractivity contribution in [3.05, 3.63) is 53.4 Å². The lowest BCUT2D eigenvalue weighted by molar-refractivity contribution is 0.0981. The number of nitrogens with zero attached hydrogens (tertiary/aromatic N) is 5. The first-order valence-electron chi connectivity index (χ1n) is 15.2. The van der Waals surface area contributed by atoms with Gasteiger partial charge in [0.25, 0.3) is 15.9 Å². The summed E-state index contributed by atoms with van der Waals surface area (Å²) in [5.41, 5.74) is 0.541. The van der Waals surface area contributed by atoms with Gasteiger partial charge in [-0.25, -0.2) is 27.8 Å². The predicted octanol–water partition coefficient (Wildman–Crippen LogP) is 5.00. The van der Waals surface area contributed by atoms with Gasteiger partial charge in [0.05, 0.1) is 12.2 Å². The van der Waals surface area contributed by atoms with Gasteiger partial charge in [0.2, 0.25) is 5.88 Å². The smallest absolute Gasteiger partial charge is 0.268 e. The molecule has 3 aromatic rings. The summed E-state index contributed by atoms with van der Waals surface area (Å²) in [6, 6.07) is 7.75. The Kier molecular flexibility index (Phi) is 9.52. The highest BCUT2D eigenvalue weighted by Crippen LogP contribution is 2.47. The van der Waals surface area contributed by atoms with Crippen LogP contribution in [0.1, 0.15) is 76.1 Å². The molecule has 1 saturated heterocycles. The minimum atomic E-state index is -4.19. The van der Waals surface area contributed by atoms with Crippen LogP contribution in [0.25, 0.3) is 5.82 Å². The van der Waals surface area contributed by atoms with Gasteiger partial charge in [-0.1, -0.05) is 24.9 Å². The standard InChI is InChI=1S/C31H42ClN7O4S/c1-30(2)19-22(20-34-30)7-5-6-16-38(4)25-10-8-23(21-33-25)44(41,42)37-29(40)24-9-11-26(35-28(24)32)39-17-12-27(36-39)43-18-15-31(3)13-14-31/h8-12,17,21-22,34H,5-7,13-16,18-20H2,1-4H3,(H,37,40). The van der Waals surface area contributed by atoms with Crippen LogP contribution in [0.4, 0.5) is 5.82 Å². The highest BCUT2D eigenvalue weighted by atomic mass is 35.5. The van der Waals surface area contributed by atoms with Gasteiger partial charge in [-0.3, -0.25) is 4.79 Å². The van der Waals surface area contributed by atoms with Crippen molar-refractivity contribution in [1.82, 2.24) is 29.8 Å². The van der Waals surface area contributed by atoms with Gasteiger partial charge in [0.15, 0.2) is 5.82 Å². The van der Waals surface area contributed by atoms with E-state index in [-0.39, 0.29) is 21.2 Å². The van der Waals surface area contributed by atoms with Gasteiger partial charge in [-0.05, 0) is 94.5 Å². The number of amides is 1. The Morgan fingerprint density at radius 3 is 2.64 bits per heavy atom. The third-order valence-corrected chi connectivity index (χ3v) is 10.2. The van der Waals surface area contributed by atoms with Crippen LogP contribution in [-0.4, -0.2) is 66.4 Å². The van der Waals surface area contributed by atoms with Crippen molar-refractivity contribution in [2.24, 2.45) is 11.3 Å². The molecule has 2 N–H and O–H groups in total. The molecule has 11 nitrogen and oxygen atoms in total. The lowest BCUT2D eigenvalue weighted by atomic mass is 9.93. The predicted molar refractivity (Wildman–Crippen MR) is 170 cm³/mol. The summed E-state index contributed by atoms with van der Waals surface area (Å²) in [6.07, 6.45) is 10.9. The third kappa shape index (κ3) is 8.28. The fourth-order valence-electron chi connectivity index (χ4n) is 5.48. The Morgan fingerprint density at radius 1 is 1.18 bits per heavy atom. The molecule has 0 aromatic carbocycles. The number of hydrogen-bond acceptors (Lipinski definition) is 9. The maximum Gasteiger partial charge on any atom is 0.268 e. The number of ether oxygens (including phenoxy) is 1. The first-order valence-corrected chi connectivity index (χ1v) is 17.0. The number of halogens is 1. The average Bonchev–Trinajstić information content (AvgIpc) is 3.34. The second-order valence-corrected chi connectivity index (χ2v) is 15.1. The second kappa shape index (κ2) is 13.0. The molecule has 1 atom stereocenters. The maximum atomic E-state index is 13.0. The van der Waals surface area contributed by atoms with Crippen LogP contribution in [0, 0.1) is 11.3 Å². The van der Waals surface area contributed by atoms with Gasteiger partial charge >= 0.3 is 0 Å². The summed E-state index contributed by atoms with van der Waals surface area (Å²) in [5.74, 6) is 1.31. The number of nitrogens with one attached hydrogen (secondary N) is 2. The Bertz CT molecular complexity index is 1570. The Labute approximate surface area is 264 Å². The van der Waals surface area contributed by atoms with Crippen LogP contribution in [0.5, 0.6) is 5.88 Å². The van der Waals surface area contributed by atoms with E-state index in [9.17, 15) is 13.2 Å². The molecular weight excluding hydrogens is 602 g/mol. The average molecular weight is 644 g/mol. The normalized spacial score (nSPS) is 18.6. The van der Waals surface area contributed by atoms with E-state index in [4.69, 9.17) is 16.3 Å². The van der Waals surface area contributed by atoms with Crippen LogP contribution >= 0.6 is 11.6 Å². The van der Waals surface area contributed by atoms with E-state index < -0.39 is 15.9 Å². The number of carbonyl (C=O) groups excluding carboxylic acids is 1. The fourth-order valence-corrected chi connectivity index (χ4v) is 6.63. The van der Waals surface area contributed by atoms with Crippen molar-refractivity contribution in [3.8, 4) is 11.7 Å². The summed E-state index contributed by atoms with van der Waals surface area (Å²) in [5, 5.41) is 7.77. The highest BCUT2D eigenvalue weighted by Gasteiger charge is 2.36. The van der Waals surface area contributed by atoms with Gasteiger partial charge in [0.1, 0.15) is 15.9 Å². The molecule has 0 spiro atoms. The molecular formula is C31H42ClN7O4S. The summed E-state index contributed by atoms with van der Waals surface area (Å²) >= 11 is 6.29. The van der Waals surface area contributed by atoms with E-state index in [1.807, 2.05) is 11.9 Å². The first-order chi connectivity index (χ1) is 20.8.